The van der Waals surface area contributed by atoms with E-state index in [1.54, 1.807) is 6.07 Å². The van der Waals surface area contributed by atoms with E-state index in [4.69, 9.17) is 23.1 Å². The fraction of sp³-hybridized carbons (Fsp3) is 0.143. The Bertz CT molecular complexity index is 757. The predicted octanol–water partition coefficient (Wildman–Crippen LogP) is 2.56. The first-order valence-electron chi connectivity index (χ1n) is 6.25. The molecule has 21 heavy (non-hydrogen) atoms. The van der Waals surface area contributed by atoms with Crippen LogP contribution in [0.3, 0.4) is 0 Å². The van der Waals surface area contributed by atoms with Gasteiger partial charge in [0.2, 0.25) is 5.91 Å². The van der Waals surface area contributed by atoms with Crippen molar-refractivity contribution < 1.29 is 9.59 Å². The van der Waals surface area contributed by atoms with Crippen LogP contribution in [0.5, 0.6) is 0 Å². The van der Waals surface area contributed by atoms with Crippen LogP contribution in [0.25, 0.3) is 0 Å². The van der Waals surface area contributed by atoms with Gasteiger partial charge in [-0.15, -0.1) is 11.3 Å². The number of nitrogens with two attached hydrogens (primary N) is 2. The lowest BCUT2D eigenvalue weighted by Crippen LogP contribution is -2.23. The molecular weight excluding hydrogens is 310 g/mol. The van der Waals surface area contributed by atoms with Gasteiger partial charge in [-0.25, -0.2) is 0 Å². The topological polar surface area (TPSA) is 98.2 Å². The molecule has 3 rings (SSSR count). The van der Waals surface area contributed by atoms with E-state index in [0.717, 1.165) is 22.5 Å². The normalized spacial score (nSPS) is 17.2. The second kappa shape index (κ2) is 5.05. The molecule has 0 saturated heterocycles. The van der Waals surface area contributed by atoms with Crippen molar-refractivity contribution >= 4 is 45.4 Å². The van der Waals surface area contributed by atoms with E-state index in [9.17, 15) is 9.59 Å². The molecule has 0 spiro atoms. The van der Waals surface area contributed by atoms with Gasteiger partial charge in [0.05, 0.1) is 5.69 Å². The van der Waals surface area contributed by atoms with Crippen molar-refractivity contribution in [3.8, 4) is 0 Å². The molecule has 0 bridgehead atoms. The van der Waals surface area contributed by atoms with E-state index in [0.29, 0.717) is 15.7 Å². The number of carbonyl (C=O) groups excluding carboxylic acids is 2. The lowest BCUT2D eigenvalue weighted by molar-refractivity contribution is -0.116. The van der Waals surface area contributed by atoms with Crippen LogP contribution in [-0.4, -0.2) is 11.8 Å². The molecule has 5 nitrogen and oxygen atoms in total. The number of primary amides is 1. The minimum Gasteiger partial charge on any atom is -0.397 e. The van der Waals surface area contributed by atoms with E-state index in [2.05, 4.69) is 5.32 Å². The minimum atomic E-state index is -0.598. The van der Waals surface area contributed by atoms with Crippen LogP contribution >= 0.6 is 22.9 Å². The first-order chi connectivity index (χ1) is 9.99. The average Bonchev–Trinajstić information content (AvgIpc) is 2.76. The van der Waals surface area contributed by atoms with Gasteiger partial charge in [0, 0.05) is 22.9 Å². The zero-order chi connectivity index (χ0) is 15.1. The van der Waals surface area contributed by atoms with Crippen molar-refractivity contribution in [1.82, 2.24) is 0 Å². The maximum absolute atomic E-state index is 11.9. The maximum Gasteiger partial charge on any atom is 0.260 e. The number of anilines is 2. The number of fused-ring (bicyclic) bond motifs is 1. The molecular formula is C14H12ClN3O2S. The molecule has 1 aliphatic rings. The van der Waals surface area contributed by atoms with Crippen LogP contribution in [0.1, 0.15) is 33.1 Å². The molecule has 0 radical (unpaired) electrons. The van der Waals surface area contributed by atoms with Crippen LogP contribution in [0.2, 0.25) is 5.02 Å². The predicted molar refractivity (Wildman–Crippen MR) is 83.8 cm³/mol. The van der Waals surface area contributed by atoms with Gasteiger partial charge in [-0.3, -0.25) is 9.59 Å². The van der Waals surface area contributed by atoms with Crippen molar-refractivity contribution in [2.45, 2.75) is 12.3 Å². The summed E-state index contributed by atoms with van der Waals surface area (Å²) in [6, 6.07) is 7.30. The summed E-state index contributed by atoms with van der Waals surface area (Å²) >= 11 is 7.34. The highest BCUT2D eigenvalue weighted by Crippen LogP contribution is 2.48. The Morgan fingerprint density at radius 2 is 2.10 bits per heavy atom. The Balaban J connectivity index is 2.20. The molecule has 0 fully saturated rings. The number of nitrogens with one attached hydrogen (secondary N) is 1. The number of nitrogen functional groups attached to an aromatic ring is 1. The number of carbonyl (C=O) groups is 2. The van der Waals surface area contributed by atoms with Crippen LogP contribution in [0, 0.1) is 0 Å². The van der Waals surface area contributed by atoms with Gasteiger partial charge in [0.15, 0.2) is 0 Å². The summed E-state index contributed by atoms with van der Waals surface area (Å²) in [6.45, 7) is 0. The van der Waals surface area contributed by atoms with E-state index in [1.165, 1.54) is 0 Å². The fourth-order valence-corrected chi connectivity index (χ4v) is 3.89. The first kappa shape index (κ1) is 13.9. The van der Waals surface area contributed by atoms with Gasteiger partial charge < -0.3 is 16.8 Å². The molecule has 0 aliphatic carbocycles. The van der Waals surface area contributed by atoms with E-state index >= 15 is 0 Å². The summed E-state index contributed by atoms with van der Waals surface area (Å²) in [5.74, 6) is -1.00. The number of benzene rings is 1. The third-order valence-corrected chi connectivity index (χ3v) is 4.97. The quantitative estimate of drug-likeness (QED) is 0.792. The van der Waals surface area contributed by atoms with E-state index < -0.39 is 5.91 Å². The monoisotopic (exact) mass is 321 g/mol. The number of hydrogen-bond donors (Lipinski definition) is 3. The van der Waals surface area contributed by atoms with Crippen molar-refractivity contribution in [1.29, 1.82) is 0 Å². The third-order valence-electron chi connectivity index (χ3n) is 3.48. The van der Waals surface area contributed by atoms with Crippen molar-refractivity contribution in [3.05, 3.63) is 45.3 Å². The van der Waals surface area contributed by atoms with Gasteiger partial charge in [-0.05, 0) is 11.6 Å². The zero-order valence-corrected chi connectivity index (χ0v) is 12.4. The number of rotatable bonds is 2. The molecule has 7 heteroatoms. The molecule has 1 atom stereocenters. The van der Waals surface area contributed by atoms with Gasteiger partial charge in [-0.2, -0.15) is 0 Å². The maximum atomic E-state index is 11.9. The standard InChI is InChI=1S/C14H12ClN3O2S/c15-8-4-2-1-3-6(8)7-5-9(19)18-14-10(7)11(16)12(21-14)13(17)20/h1-4,7H,5,16H2,(H2,17,20)(H,18,19). The molecule has 108 valence electrons. The number of thiophene rings is 1. The van der Waals surface area contributed by atoms with Gasteiger partial charge in [-0.1, -0.05) is 29.8 Å². The van der Waals surface area contributed by atoms with Gasteiger partial charge >= 0.3 is 0 Å². The lowest BCUT2D eigenvalue weighted by atomic mass is 9.86. The summed E-state index contributed by atoms with van der Waals surface area (Å²) in [5.41, 5.74) is 13.3. The molecule has 1 unspecified atom stereocenters. The third kappa shape index (κ3) is 2.26. The van der Waals surface area contributed by atoms with Crippen molar-refractivity contribution in [3.63, 3.8) is 0 Å². The van der Waals surface area contributed by atoms with Crippen LogP contribution in [0.4, 0.5) is 10.7 Å². The molecule has 1 aromatic carbocycles. The fourth-order valence-electron chi connectivity index (χ4n) is 2.57. The van der Waals surface area contributed by atoms with Crippen LogP contribution < -0.4 is 16.8 Å². The van der Waals surface area contributed by atoms with Gasteiger partial charge in [0.1, 0.15) is 9.88 Å². The van der Waals surface area contributed by atoms with E-state index in [-0.39, 0.29) is 23.1 Å². The van der Waals surface area contributed by atoms with Gasteiger partial charge in [0.25, 0.3) is 5.91 Å². The highest BCUT2D eigenvalue weighted by atomic mass is 35.5. The van der Waals surface area contributed by atoms with E-state index in [1.807, 2.05) is 18.2 Å². The summed E-state index contributed by atoms with van der Waals surface area (Å²) in [7, 11) is 0. The average molecular weight is 322 g/mol. The second-order valence-electron chi connectivity index (χ2n) is 4.78. The summed E-state index contributed by atoms with van der Waals surface area (Å²) in [6.07, 6.45) is 0.232. The molecule has 2 aromatic rings. The first-order valence-corrected chi connectivity index (χ1v) is 7.44. The Kier molecular flexibility index (Phi) is 3.35. The molecule has 2 amide bonds. The number of hydrogen-bond acceptors (Lipinski definition) is 4. The Labute approximate surface area is 129 Å². The zero-order valence-electron chi connectivity index (χ0n) is 10.9. The second-order valence-corrected chi connectivity index (χ2v) is 6.21. The number of amides is 2. The SMILES string of the molecule is NC(=O)c1sc2c(c1N)C(c1ccccc1Cl)CC(=O)N2. The summed E-state index contributed by atoms with van der Waals surface area (Å²) in [4.78, 5) is 23.6. The Morgan fingerprint density at radius 1 is 1.38 bits per heavy atom. The molecule has 5 N–H and O–H groups in total. The molecule has 2 heterocycles. The highest BCUT2D eigenvalue weighted by molar-refractivity contribution is 7.19. The minimum absolute atomic E-state index is 0.135. The Morgan fingerprint density at radius 3 is 2.76 bits per heavy atom. The number of halogens is 1. The van der Waals surface area contributed by atoms with Crippen molar-refractivity contribution in [2.75, 3.05) is 11.1 Å². The van der Waals surface area contributed by atoms with Crippen molar-refractivity contribution in [2.24, 2.45) is 5.73 Å². The van der Waals surface area contributed by atoms with Crippen LogP contribution in [0.15, 0.2) is 24.3 Å². The molecule has 0 saturated carbocycles. The Hall–Kier alpha value is -2.05. The molecule has 1 aliphatic heterocycles. The van der Waals surface area contributed by atoms with Crippen LogP contribution in [-0.2, 0) is 4.79 Å². The lowest BCUT2D eigenvalue weighted by Gasteiger charge is -2.24. The molecule has 1 aromatic heterocycles. The summed E-state index contributed by atoms with van der Waals surface area (Å²) in [5, 5.41) is 3.88. The largest absolute Gasteiger partial charge is 0.397 e. The summed E-state index contributed by atoms with van der Waals surface area (Å²) < 4.78 is 0. The smallest absolute Gasteiger partial charge is 0.260 e. The highest BCUT2D eigenvalue weighted by Gasteiger charge is 2.33.